The van der Waals surface area contributed by atoms with E-state index in [1.165, 1.54) is 24.8 Å². The quantitative estimate of drug-likeness (QED) is 0.391. The first kappa shape index (κ1) is 21.9. The monoisotopic (exact) mass is 436 g/mol. The molecule has 0 aliphatic heterocycles. The fourth-order valence-electron chi connectivity index (χ4n) is 2.59. The van der Waals surface area contributed by atoms with Crippen LogP contribution in [0.5, 0.6) is 0 Å². The number of aliphatic carboxylic acids is 1. The van der Waals surface area contributed by atoms with Crippen molar-refractivity contribution in [3.63, 3.8) is 0 Å². The second kappa shape index (κ2) is 8.13. The average Bonchev–Trinajstić information content (AvgIpc) is 3.05. The molecule has 0 bridgehead atoms. The van der Waals surface area contributed by atoms with Gasteiger partial charge in [0, 0.05) is 10.8 Å². The minimum Gasteiger partial charge on any atom is -0.481 e. The molecule has 0 aliphatic rings. The number of fused-ring (bicyclic) bond motifs is 1. The van der Waals surface area contributed by atoms with Gasteiger partial charge in [-0.1, -0.05) is 32.5 Å². The standard InChI is InChI=1S/C19H22F2N6O2S/c1-8(18(28)29)9(2)23-15-12(21)17(30-19(3,4)5)25-16(24-15)13-11-6-10(20)7-22-14(11)27-26-13/h6-9H,1-5H3,(H,28,29)(H,22,26,27)(H,23,24,25)/t8-,9-/m0/s1. The third-order valence-corrected chi connectivity index (χ3v) is 5.40. The number of H-pyrrole nitrogens is 1. The second-order valence-corrected chi connectivity index (χ2v) is 9.73. The lowest BCUT2D eigenvalue weighted by Gasteiger charge is -2.21. The molecule has 8 nitrogen and oxygen atoms in total. The third kappa shape index (κ3) is 4.66. The van der Waals surface area contributed by atoms with Crippen LogP contribution in [0.15, 0.2) is 17.3 Å². The Hall–Kier alpha value is -2.82. The summed E-state index contributed by atoms with van der Waals surface area (Å²) in [6.45, 7) is 8.86. The van der Waals surface area contributed by atoms with Crippen LogP contribution in [0, 0.1) is 17.6 Å². The van der Waals surface area contributed by atoms with Gasteiger partial charge in [0.1, 0.15) is 16.5 Å². The molecule has 3 heterocycles. The van der Waals surface area contributed by atoms with Crippen molar-refractivity contribution in [2.45, 2.75) is 50.4 Å². The van der Waals surface area contributed by atoms with Gasteiger partial charge in [-0.15, -0.1) is 0 Å². The van der Waals surface area contributed by atoms with Crippen molar-refractivity contribution in [1.29, 1.82) is 0 Å². The molecule has 0 radical (unpaired) electrons. The van der Waals surface area contributed by atoms with Gasteiger partial charge in [0.15, 0.2) is 23.1 Å². The van der Waals surface area contributed by atoms with Gasteiger partial charge in [-0.05, 0) is 19.9 Å². The summed E-state index contributed by atoms with van der Waals surface area (Å²) >= 11 is 1.19. The maximum Gasteiger partial charge on any atom is 0.308 e. The zero-order valence-corrected chi connectivity index (χ0v) is 17.9. The van der Waals surface area contributed by atoms with Crippen LogP contribution in [0.2, 0.25) is 0 Å². The van der Waals surface area contributed by atoms with Crippen LogP contribution in [0.4, 0.5) is 14.6 Å². The van der Waals surface area contributed by atoms with Crippen LogP contribution in [0.1, 0.15) is 34.6 Å². The highest BCUT2D eigenvalue weighted by Gasteiger charge is 2.26. The molecule has 160 valence electrons. The van der Waals surface area contributed by atoms with Crippen LogP contribution in [-0.4, -0.2) is 47.0 Å². The van der Waals surface area contributed by atoms with Crippen molar-refractivity contribution in [2.75, 3.05) is 5.32 Å². The lowest BCUT2D eigenvalue weighted by molar-refractivity contribution is -0.141. The van der Waals surface area contributed by atoms with Crippen molar-refractivity contribution in [2.24, 2.45) is 5.92 Å². The van der Waals surface area contributed by atoms with Gasteiger partial charge >= 0.3 is 5.97 Å². The molecule has 0 saturated carbocycles. The number of nitrogens with one attached hydrogen (secondary N) is 2. The molecule has 0 saturated heterocycles. The SMILES string of the molecule is C[C@H](Nc1nc(-c2n[nH]c3ncc(F)cc23)nc(SC(C)(C)C)c1F)[C@H](C)C(=O)O. The Kier molecular flexibility index (Phi) is 5.93. The van der Waals surface area contributed by atoms with Crippen LogP contribution < -0.4 is 5.32 Å². The van der Waals surface area contributed by atoms with E-state index >= 15 is 4.39 Å². The number of aromatic amines is 1. The molecule has 0 aromatic carbocycles. The maximum absolute atomic E-state index is 15.2. The summed E-state index contributed by atoms with van der Waals surface area (Å²) in [5.41, 5.74) is 0.557. The Labute approximate surface area is 175 Å². The summed E-state index contributed by atoms with van der Waals surface area (Å²) in [7, 11) is 0. The first-order chi connectivity index (χ1) is 14.0. The van der Waals surface area contributed by atoms with Gasteiger partial charge in [0.2, 0.25) is 0 Å². The number of rotatable bonds is 6. The largest absolute Gasteiger partial charge is 0.481 e. The Morgan fingerprint density at radius 1 is 1.27 bits per heavy atom. The Morgan fingerprint density at radius 2 is 1.97 bits per heavy atom. The average molecular weight is 436 g/mol. The van der Waals surface area contributed by atoms with Crippen molar-refractivity contribution in [3.05, 3.63) is 23.9 Å². The van der Waals surface area contributed by atoms with E-state index in [4.69, 9.17) is 0 Å². The van der Waals surface area contributed by atoms with Crippen LogP contribution in [0.25, 0.3) is 22.6 Å². The van der Waals surface area contributed by atoms with Gasteiger partial charge in [0.25, 0.3) is 0 Å². The van der Waals surface area contributed by atoms with E-state index in [1.54, 1.807) is 6.92 Å². The molecule has 3 N–H and O–H groups in total. The van der Waals surface area contributed by atoms with Crippen LogP contribution in [0.3, 0.4) is 0 Å². The van der Waals surface area contributed by atoms with E-state index in [1.807, 2.05) is 20.8 Å². The number of hydrogen-bond donors (Lipinski definition) is 3. The number of nitrogens with zero attached hydrogens (tertiary/aromatic N) is 4. The van der Waals surface area contributed by atoms with Gasteiger partial charge < -0.3 is 10.4 Å². The normalized spacial score (nSPS) is 14.0. The molecule has 0 amide bonds. The topological polar surface area (TPSA) is 117 Å². The summed E-state index contributed by atoms with van der Waals surface area (Å²) in [5, 5.41) is 19.3. The molecular weight excluding hydrogens is 414 g/mol. The number of pyridine rings is 1. The number of halogens is 2. The predicted molar refractivity (Wildman–Crippen MR) is 110 cm³/mol. The molecule has 11 heteroatoms. The minimum absolute atomic E-state index is 0.0690. The number of carboxylic acids is 1. The van der Waals surface area contributed by atoms with E-state index < -0.39 is 29.6 Å². The molecule has 0 spiro atoms. The van der Waals surface area contributed by atoms with Gasteiger partial charge in [0.05, 0.1) is 17.5 Å². The lowest BCUT2D eigenvalue weighted by atomic mass is 10.0. The molecule has 2 atom stereocenters. The molecule has 30 heavy (non-hydrogen) atoms. The Morgan fingerprint density at radius 3 is 2.60 bits per heavy atom. The van der Waals surface area contributed by atoms with Crippen molar-refractivity contribution < 1.29 is 18.7 Å². The van der Waals surface area contributed by atoms with E-state index in [0.717, 1.165) is 6.20 Å². The van der Waals surface area contributed by atoms with Crippen molar-refractivity contribution >= 4 is 34.6 Å². The summed E-state index contributed by atoms with van der Waals surface area (Å²) in [6, 6.07) is 0.634. The van der Waals surface area contributed by atoms with E-state index in [0.29, 0.717) is 11.0 Å². The zero-order chi connectivity index (χ0) is 22.2. The Balaban J connectivity index is 2.13. The van der Waals surface area contributed by atoms with Crippen LogP contribution >= 0.6 is 11.8 Å². The molecule has 3 aromatic heterocycles. The number of anilines is 1. The number of thioether (sulfide) groups is 1. The number of hydrogen-bond acceptors (Lipinski definition) is 7. The fraction of sp³-hybridized carbons (Fsp3) is 0.421. The first-order valence-electron chi connectivity index (χ1n) is 9.22. The molecule has 0 unspecified atom stereocenters. The number of carbonyl (C=O) groups is 1. The first-order valence-corrected chi connectivity index (χ1v) is 10.0. The van der Waals surface area contributed by atoms with Gasteiger partial charge in [-0.2, -0.15) is 9.49 Å². The third-order valence-electron chi connectivity index (χ3n) is 4.32. The number of aromatic nitrogens is 5. The smallest absolute Gasteiger partial charge is 0.308 e. The van der Waals surface area contributed by atoms with Crippen molar-refractivity contribution in [3.8, 4) is 11.5 Å². The predicted octanol–water partition coefficient (Wildman–Crippen LogP) is 4.10. The van der Waals surface area contributed by atoms with Gasteiger partial charge in [-0.3, -0.25) is 9.89 Å². The molecule has 3 aromatic rings. The highest BCUT2D eigenvalue weighted by Crippen LogP contribution is 2.36. The number of carboxylic acid groups (broad SMARTS) is 1. The highest BCUT2D eigenvalue weighted by atomic mass is 32.2. The summed E-state index contributed by atoms with van der Waals surface area (Å²) < 4.78 is 28.5. The molecule has 0 fully saturated rings. The van der Waals surface area contributed by atoms with Gasteiger partial charge in [-0.25, -0.2) is 19.3 Å². The molecule has 0 aliphatic carbocycles. The summed E-state index contributed by atoms with van der Waals surface area (Å²) in [5.74, 6) is -3.13. The van der Waals surface area contributed by atoms with E-state index in [2.05, 4.69) is 30.5 Å². The van der Waals surface area contributed by atoms with Crippen LogP contribution in [-0.2, 0) is 4.79 Å². The highest BCUT2D eigenvalue weighted by molar-refractivity contribution is 8.00. The second-order valence-electron chi connectivity index (χ2n) is 7.91. The maximum atomic E-state index is 15.2. The summed E-state index contributed by atoms with van der Waals surface area (Å²) in [6.07, 6.45) is 1.05. The fourth-order valence-corrected chi connectivity index (χ4v) is 3.49. The van der Waals surface area contributed by atoms with E-state index in [-0.39, 0.29) is 27.1 Å². The summed E-state index contributed by atoms with van der Waals surface area (Å²) in [4.78, 5) is 23.8. The lowest BCUT2D eigenvalue weighted by Crippen LogP contribution is -2.30. The zero-order valence-electron chi connectivity index (χ0n) is 17.1. The Bertz CT molecular complexity index is 1100. The molecule has 3 rings (SSSR count). The molecular formula is C19H22F2N6O2S. The van der Waals surface area contributed by atoms with Crippen molar-refractivity contribution in [1.82, 2.24) is 25.1 Å². The van der Waals surface area contributed by atoms with E-state index in [9.17, 15) is 14.3 Å². The minimum atomic E-state index is -1.02.